The molecule has 0 unspecified atom stereocenters. The van der Waals surface area contributed by atoms with Gasteiger partial charge in [0.05, 0.1) is 24.5 Å². The second-order valence-electron chi connectivity index (χ2n) is 8.67. The quantitative estimate of drug-likeness (QED) is 0.398. The summed E-state index contributed by atoms with van der Waals surface area (Å²) in [7, 11) is 0. The molecule has 0 bridgehead atoms. The van der Waals surface area contributed by atoms with Crippen LogP contribution >= 0.6 is 15.9 Å². The van der Waals surface area contributed by atoms with Crippen LogP contribution in [0.25, 0.3) is 17.3 Å². The third kappa shape index (κ3) is 4.38. The normalized spacial score (nSPS) is 17.1. The topological polar surface area (TPSA) is 46.5 Å². The Morgan fingerprint density at radius 3 is 2.49 bits per heavy atom. The molecule has 5 nitrogen and oxygen atoms in total. The van der Waals surface area contributed by atoms with E-state index in [0.29, 0.717) is 24.4 Å². The number of aryl methyl sites for hydroxylation is 1. The first-order chi connectivity index (χ1) is 16.6. The van der Waals surface area contributed by atoms with E-state index in [1.54, 1.807) is 6.08 Å². The molecule has 2 aliphatic rings. The Morgan fingerprint density at radius 1 is 1.06 bits per heavy atom. The molecule has 1 amide bonds. The summed E-state index contributed by atoms with van der Waals surface area (Å²) in [6, 6.07) is 11.5. The summed E-state index contributed by atoms with van der Waals surface area (Å²) in [5.74, 6) is -0.415. The van der Waals surface area contributed by atoms with Crippen molar-refractivity contribution < 1.29 is 22.7 Å². The summed E-state index contributed by atoms with van der Waals surface area (Å²) < 4.78 is 47.8. The molecule has 9 heteroatoms. The number of aromatic nitrogens is 1. The maximum atomic E-state index is 13.1. The summed E-state index contributed by atoms with van der Waals surface area (Å²) in [6.07, 6.45) is -2.73. The van der Waals surface area contributed by atoms with Crippen LogP contribution in [0, 0.1) is 13.8 Å². The zero-order valence-electron chi connectivity index (χ0n) is 19.2. The van der Waals surface area contributed by atoms with Gasteiger partial charge in [0.15, 0.2) is 0 Å². The summed E-state index contributed by atoms with van der Waals surface area (Å²) in [4.78, 5) is 14.9. The van der Waals surface area contributed by atoms with Gasteiger partial charge < -0.3 is 19.5 Å². The highest BCUT2D eigenvalue weighted by molar-refractivity contribution is 9.10. The number of carbonyl (C=O) groups excluding carboxylic acids is 1. The number of hydrogen-bond acceptors (Lipinski definition) is 3. The van der Waals surface area contributed by atoms with Gasteiger partial charge in [0.1, 0.15) is 0 Å². The first kappa shape index (κ1) is 23.7. The molecular formula is C26H23BrF3N3O2. The van der Waals surface area contributed by atoms with Crippen molar-refractivity contribution >= 4 is 44.9 Å². The Morgan fingerprint density at radius 2 is 1.80 bits per heavy atom. The van der Waals surface area contributed by atoms with Crippen LogP contribution in [0.4, 0.5) is 24.5 Å². The summed E-state index contributed by atoms with van der Waals surface area (Å²) in [6.45, 7) is 7.03. The number of halogens is 4. The number of benzene rings is 2. The number of fused-ring (bicyclic) bond motifs is 1. The largest absolute Gasteiger partial charge is 0.416 e. The molecule has 0 saturated carbocycles. The van der Waals surface area contributed by atoms with E-state index < -0.39 is 17.6 Å². The highest BCUT2D eigenvalue weighted by atomic mass is 79.9. The average molecular weight is 546 g/mol. The molecule has 5 rings (SSSR count). The molecule has 2 aliphatic heterocycles. The molecule has 3 heterocycles. The van der Waals surface area contributed by atoms with E-state index in [0.717, 1.165) is 58.0 Å². The SMILES string of the molecule is Cc1cc(/C=C2/C(=O)Nc3cc(C(F)(F)F)ccc32)c(C)n1-c1ccc(N2CCOCC2)c(Br)c1. The molecule has 3 aromatic rings. The van der Waals surface area contributed by atoms with Crippen LogP contribution in [0.5, 0.6) is 0 Å². The standard InChI is InChI=1S/C26H23BrF3N3O2/c1-15-11-17(12-21-20-5-3-18(26(28,29)30)13-23(20)31-25(21)34)16(2)33(15)19-4-6-24(22(27)14-19)32-7-9-35-10-8-32/h3-6,11-14H,7-10H2,1-2H3,(H,31,34)/b21-12+. The van der Waals surface area contributed by atoms with E-state index in [2.05, 4.69) is 48.9 Å². The van der Waals surface area contributed by atoms with Gasteiger partial charge >= 0.3 is 6.18 Å². The van der Waals surface area contributed by atoms with Crippen LogP contribution in [-0.2, 0) is 15.7 Å². The molecule has 1 N–H and O–H groups in total. The van der Waals surface area contributed by atoms with Gasteiger partial charge in [-0.3, -0.25) is 4.79 Å². The third-order valence-electron chi connectivity index (χ3n) is 6.44. The van der Waals surface area contributed by atoms with Crippen molar-refractivity contribution in [3.05, 3.63) is 75.0 Å². The van der Waals surface area contributed by atoms with Crippen molar-refractivity contribution in [2.45, 2.75) is 20.0 Å². The lowest BCUT2D eigenvalue weighted by molar-refractivity contribution is -0.137. The highest BCUT2D eigenvalue weighted by Crippen LogP contribution is 2.39. The Bertz CT molecular complexity index is 1350. The third-order valence-corrected chi connectivity index (χ3v) is 7.08. The van der Waals surface area contributed by atoms with Crippen LogP contribution in [0.15, 0.2) is 46.9 Å². The zero-order chi connectivity index (χ0) is 24.9. The van der Waals surface area contributed by atoms with E-state index in [1.165, 1.54) is 6.07 Å². The maximum absolute atomic E-state index is 13.1. The van der Waals surface area contributed by atoms with Gasteiger partial charge in [0, 0.05) is 51.5 Å². The molecule has 35 heavy (non-hydrogen) atoms. The van der Waals surface area contributed by atoms with Gasteiger partial charge in [-0.25, -0.2) is 0 Å². The number of hydrogen-bond donors (Lipinski definition) is 1. The monoisotopic (exact) mass is 545 g/mol. The van der Waals surface area contributed by atoms with Crippen LogP contribution in [0.1, 0.15) is 28.1 Å². The molecule has 1 fully saturated rings. The second-order valence-corrected chi connectivity index (χ2v) is 9.52. The summed E-state index contributed by atoms with van der Waals surface area (Å²) in [5, 5.41) is 2.56. The van der Waals surface area contributed by atoms with Crippen molar-refractivity contribution in [3.63, 3.8) is 0 Å². The number of morpholine rings is 1. The van der Waals surface area contributed by atoms with E-state index in [4.69, 9.17) is 4.74 Å². The number of carbonyl (C=O) groups is 1. The second kappa shape index (κ2) is 8.87. The number of alkyl halides is 3. The van der Waals surface area contributed by atoms with Crippen LogP contribution in [-0.4, -0.2) is 36.8 Å². The smallest absolute Gasteiger partial charge is 0.378 e. The number of amides is 1. The fourth-order valence-electron chi connectivity index (χ4n) is 4.70. The number of nitrogens with one attached hydrogen (secondary N) is 1. The Hall–Kier alpha value is -3.04. The minimum atomic E-state index is -4.47. The van der Waals surface area contributed by atoms with E-state index in [9.17, 15) is 18.0 Å². The predicted octanol–water partition coefficient (Wildman–Crippen LogP) is 6.20. The van der Waals surface area contributed by atoms with Crippen molar-refractivity contribution in [1.82, 2.24) is 4.57 Å². The fourth-order valence-corrected chi connectivity index (χ4v) is 5.31. The van der Waals surface area contributed by atoms with Gasteiger partial charge in [0.2, 0.25) is 0 Å². The minimum Gasteiger partial charge on any atom is -0.378 e. The Labute approximate surface area is 209 Å². The average Bonchev–Trinajstić information content (AvgIpc) is 3.28. The first-order valence-electron chi connectivity index (χ1n) is 11.2. The van der Waals surface area contributed by atoms with Crippen LogP contribution in [0.3, 0.4) is 0 Å². The molecule has 1 saturated heterocycles. The van der Waals surface area contributed by atoms with Gasteiger partial charge in [-0.15, -0.1) is 0 Å². The minimum absolute atomic E-state index is 0.174. The molecule has 0 radical (unpaired) electrons. The van der Waals surface area contributed by atoms with E-state index in [1.807, 2.05) is 19.9 Å². The lowest BCUT2D eigenvalue weighted by Crippen LogP contribution is -2.36. The molecule has 1 aromatic heterocycles. The van der Waals surface area contributed by atoms with Gasteiger partial charge in [-0.1, -0.05) is 6.07 Å². The molecular weight excluding hydrogens is 523 g/mol. The van der Waals surface area contributed by atoms with Gasteiger partial charge in [0.25, 0.3) is 5.91 Å². The van der Waals surface area contributed by atoms with E-state index >= 15 is 0 Å². The lowest BCUT2D eigenvalue weighted by atomic mass is 10.0. The molecule has 0 aliphatic carbocycles. The number of nitrogens with zero attached hydrogens (tertiary/aromatic N) is 2. The number of rotatable bonds is 3. The van der Waals surface area contributed by atoms with Gasteiger partial charge in [-0.2, -0.15) is 13.2 Å². The van der Waals surface area contributed by atoms with Crippen LogP contribution < -0.4 is 10.2 Å². The van der Waals surface area contributed by atoms with Crippen molar-refractivity contribution in [2.24, 2.45) is 0 Å². The van der Waals surface area contributed by atoms with Crippen LogP contribution in [0.2, 0.25) is 0 Å². The summed E-state index contributed by atoms with van der Waals surface area (Å²) >= 11 is 3.71. The van der Waals surface area contributed by atoms with E-state index in [-0.39, 0.29) is 5.69 Å². The van der Waals surface area contributed by atoms with Crippen molar-refractivity contribution in [3.8, 4) is 5.69 Å². The predicted molar refractivity (Wildman–Crippen MR) is 134 cm³/mol. The first-order valence-corrected chi connectivity index (χ1v) is 12.0. The molecule has 2 aromatic carbocycles. The Kier molecular flexibility index (Phi) is 6.01. The molecule has 0 spiro atoms. The Balaban J connectivity index is 1.49. The number of ether oxygens (including phenoxy) is 1. The highest BCUT2D eigenvalue weighted by Gasteiger charge is 2.33. The summed E-state index contributed by atoms with van der Waals surface area (Å²) in [5.41, 5.74) is 5.01. The zero-order valence-corrected chi connectivity index (χ0v) is 20.8. The lowest BCUT2D eigenvalue weighted by Gasteiger charge is -2.30. The van der Waals surface area contributed by atoms with Gasteiger partial charge in [-0.05, 0) is 77.8 Å². The van der Waals surface area contributed by atoms with Crippen molar-refractivity contribution in [1.29, 1.82) is 0 Å². The number of anilines is 2. The molecule has 0 atom stereocenters. The maximum Gasteiger partial charge on any atom is 0.416 e. The molecule has 182 valence electrons. The van der Waals surface area contributed by atoms with Crippen molar-refractivity contribution in [2.75, 3.05) is 36.5 Å². The fraction of sp³-hybridized carbons (Fsp3) is 0.269.